The standard InChI is InChI=1S/C16H10O8.H2O/c17-13(18)8-3-1-7(2-4-8)12-10(15(21)22)5-9(14(19)20)6-11(12)16(23)24;/h1-6H,(H,17,18)(H,19,20)(H,21,22)(H,23,24);1H2. The number of hydrogen-bond acceptors (Lipinski definition) is 4. The Morgan fingerprint density at radius 1 is 0.600 bits per heavy atom. The predicted molar refractivity (Wildman–Crippen MR) is 83.3 cm³/mol. The molecule has 0 amide bonds. The van der Waals surface area contributed by atoms with Crippen molar-refractivity contribution in [1.29, 1.82) is 0 Å². The second kappa shape index (κ2) is 7.23. The molecule has 0 unspecified atom stereocenters. The lowest BCUT2D eigenvalue weighted by Gasteiger charge is -2.12. The van der Waals surface area contributed by atoms with Gasteiger partial charge in [-0.2, -0.15) is 0 Å². The average molecular weight is 348 g/mol. The maximum absolute atomic E-state index is 11.4. The van der Waals surface area contributed by atoms with E-state index in [2.05, 4.69) is 0 Å². The second-order valence-electron chi connectivity index (χ2n) is 4.74. The number of carbonyl (C=O) groups is 4. The van der Waals surface area contributed by atoms with Crippen LogP contribution in [0.25, 0.3) is 11.1 Å². The summed E-state index contributed by atoms with van der Waals surface area (Å²) in [5.74, 6) is -5.66. The highest BCUT2D eigenvalue weighted by Crippen LogP contribution is 2.30. The molecule has 0 aliphatic heterocycles. The van der Waals surface area contributed by atoms with Crippen LogP contribution < -0.4 is 0 Å². The number of aromatic carboxylic acids is 4. The van der Waals surface area contributed by atoms with Crippen molar-refractivity contribution < 1.29 is 45.1 Å². The number of rotatable bonds is 5. The van der Waals surface area contributed by atoms with E-state index in [1.54, 1.807) is 0 Å². The van der Waals surface area contributed by atoms with E-state index in [0.717, 1.165) is 12.1 Å². The molecule has 25 heavy (non-hydrogen) atoms. The Morgan fingerprint density at radius 2 is 1.00 bits per heavy atom. The first kappa shape index (κ1) is 19.3. The molecule has 2 rings (SSSR count). The Labute approximate surface area is 139 Å². The van der Waals surface area contributed by atoms with Crippen LogP contribution in [-0.2, 0) is 0 Å². The first-order chi connectivity index (χ1) is 11.2. The maximum atomic E-state index is 11.4. The Balaban J connectivity index is 0.00000312. The molecule has 0 spiro atoms. The van der Waals surface area contributed by atoms with Crippen molar-refractivity contribution in [2.75, 3.05) is 0 Å². The predicted octanol–water partition coefficient (Wildman–Crippen LogP) is 1.32. The molecule has 0 aromatic heterocycles. The molecule has 0 atom stereocenters. The molecule has 2 aromatic carbocycles. The SMILES string of the molecule is O.O=C(O)c1ccc(-c2c(C(=O)O)cc(C(=O)O)cc2C(=O)O)cc1. The van der Waals surface area contributed by atoms with E-state index in [1.165, 1.54) is 24.3 Å². The summed E-state index contributed by atoms with van der Waals surface area (Å²) in [5.41, 5.74) is -1.60. The summed E-state index contributed by atoms with van der Waals surface area (Å²) in [5, 5.41) is 36.5. The van der Waals surface area contributed by atoms with Gasteiger partial charge in [0.25, 0.3) is 0 Å². The third-order valence-electron chi connectivity index (χ3n) is 3.27. The van der Waals surface area contributed by atoms with Crippen molar-refractivity contribution in [3.8, 4) is 11.1 Å². The molecule has 0 bridgehead atoms. The van der Waals surface area contributed by atoms with Crippen LogP contribution >= 0.6 is 0 Å². The molecular weight excluding hydrogens is 336 g/mol. The first-order valence-electron chi connectivity index (χ1n) is 6.44. The highest BCUT2D eigenvalue weighted by molar-refractivity contribution is 6.07. The molecule has 0 aliphatic carbocycles. The van der Waals surface area contributed by atoms with E-state index in [-0.39, 0.29) is 22.2 Å². The van der Waals surface area contributed by atoms with Crippen molar-refractivity contribution in [2.24, 2.45) is 0 Å². The number of carboxylic acids is 4. The molecule has 130 valence electrons. The average Bonchev–Trinajstić information content (AvgIpc) is 2.53. The highest BCUT2D eigenvalue weighted by atomic mass is 16.4. The fraction of sp³-hybridized carbons (Fsp3) is 0. The van der Waals surface area contributed by atoms with E-state index in [1.807, 2.05) is 0 Å². The topological polar surface area (TPSA) is 181 Å². The van der Waals surface area contributed by atoms with Crippen molar-refractivity contribution >= 4 is 23.9 Å². The van der Waals surface area contributed by atoms with Gasteiger partial charge in [0.15, 0.2) is 0 Å². The zero-order chi connectivity index (χ0) is 18.0. The molecule has 6 N–H and O–H groups in total. The van der Waals surface area contributed by atoms with Crippen molar-refractivity contribution in [3.05, 3.63) is 58.7 Å². The minimum Gasteiger partial charge on any atom is -0.478 e. The Morgan fingerprint density at radius 3 is 1.32 bits per heavy atom. The van der Waals surface area contributed by atoms with Gasteiger partial charge < -0.3 is 25.9 Å². The molecule has 9 heteroatoms. The van der Waals surface area contributed by atoms with E-state index in [0.29, 0.717) is 0 Å². The normalized spacial score (nSPS) is 9.76. The summed E-state index contributed by atoms with van der Waals surface area (Å²) < 4.78 is 0. The Kier molecular flexibility index (Phi) is 5.59. The summed E-state index contributed by atoms with van der Waals surface area (Å²) in [4.78, 5) is 44.8. The zero-order valence-corrected chi connectivity index (χ0v) is 12.4. The molecule has 0 saturated carbocycles. The molecule has 2 aromatic rings. The second-order valence-corrected chi connectivity index (χ2v) is 4.74. The summed E-state index contributed by atoms with van der Waals surface area (Å²) in [6.45, 7) is 0. The maximum Gasteiger partial charge on any atom is 0.336 e. The van der Waals surface area contributed by atoms with Gasteiger partial charge in [-0.05, 0) is 29.8 Å². The summed E-state index contributed by atoms with van der Waals surface area (Å²) >= 11 is 0. The molecule has 9 nitrogen and oxygen atoms in total. The summed E-state index contributed by atoms with van der Waals surface area (Å²) in [6, 6.07) is 6.63. The van der Waals surface area contributed by atoms with Gasteiger partial charge in [0.1, 0.15) is 0 Å². The van der Waals surface area contributed by atoms with Gasteiger partial charge in [0.2, 0.25) is 0 Å². The summed E-state index contributed by atoms with van der Waals surface area (Å²) in [7, 11) is 0. The Hall–Kier alpha value is -3.72. The molecule has 0 aliphatic rings. The summed E-state index contributed by atoms with van der Waals surface area (Å²) in [6.07, 6.45) is 0. The smallest absolute Gasteiger partial charge is 0.336 e. The molecule has 0 fully saturated rings. The third kappa shape index (κ3) is 3.79. The number of carboxylic acid groups (broad SMARTS) is 4. The van der Waals surface area contributed by atoms with Crippen LogP contribution in [0.4, 0.5) is 0 Å². The number of hydrogen-bond donors (Lipinski definition) is 4. The van der Waals surface area contributed by atoms with E-state index in [4.69, 9.17) is 10.2 Å². The zero-order valence-electron chi connectivity index (χ0n) is 12.4. The van der Waals surface area contributed by atoms with Crippen LogP contribution in [0.3, 0.4) is 0 Å². The van der Waals surface area contributed by atoms with E-state index in [9.17, 15) is 29.4 Å². The van der Waals surface area contributed by atoms with Crippen LogP contribution in [0.5, 0.6) is 0 Å². The van der Waals surface area contributed by atoms with Gasteiger partial charge in [0.05, 0.1) is 22.3 Å². The van der Waals surface area contributed by atoms with Crippen LogP contribution in [0, 0.1) is 0 Å². The van der Waals surface area contributed by atoms with E-state index < -0.39 is 40.6 Å². The molecule has 0 saturated heterocycles. The van der Waals surface area contributed by atoms with Crippen LogP contribution in [0.2, 0.25) is 0 Å². The lowest BCUT2D eigenvalue weighted by atomic mass is 9.91. The lowest BCUT2D eigenvalue weighted by molar-refractivity contribution is 0.0679. The lowest BCUT2D eigenvalue weighted by Crippen LogP contribution is -2.11. The van der Waals surface area contributed by atoms with Gasteiger partial charge in [-0.25, -0.2) is 19.2 Å². The van der Waals surface area contributed by atoms with Crippen molar-refractivity contribution in [1.82, 2.24) is 0 Å². The van der Waals surface area contributed by atoms with Gasteiger partial charge in [-0.1, -0.05) is 12.1 Å². The van der Waals surface area contributed by atoms with Gasteiger partial charge in [-0.3, -0.25) is 0 Å². The first-order valence-corrected chi connectivity index (χ1v) is 6.44. The minimum atomic E-state index is -1.50. The fourth-order valence-electron chi connectivity index (χ4n) is 2.19. The van der Waals surface area contributed by atoms with Gasteiger partial charge in [0, 0.05) is 5.56 Å². The van der Waals surface area contributed by atoms with Crippen LogP contribution in [0.1, 0.15) is 41.4 Å². The number of benzene rings is 2. The minimum absolute atomic E-state index is 0. The van der Waals surface area contributed by atoms with Crippen molar-refractivity contribution in [2.45, 2.75) is 0 Å². The quantitative estimate of drug-likeness (QED) is 0.624. The molecular formula is C16H12O9. The van der Waals surface area contributed by atoms with E-state index >= 15 is 0 Å². The van der Waals surface area contributed by atoms with Crippen LogP contribution in [0.15, 0.2) is 36.4 Å². The van der Waals surface area contributed by atoms with Crippen LogP contribution in [-0.4, -0.2) is 49.8 Å². The van der Waals surface area contributed by atoms with Gasteiger partial charge in [-0.15, -0.1) is 0 Å². The molecule has 0 heterocycles. The third-order valence-corrected chi connectivity index (χ3v) is 3.27. The van der Waals surface area contributed by atoms with Crippen molar-refractivity contribution in [3.63, 3.8) is 0 Å². The fourth-order valence-corrected chi connectivity index (χ4v) is 2.19. The largest absolute Gasteiger partial charge is 0.478 e. The highest BCUT2D eigenvalue weighted by Gasteiger charge is 2.23. The monoisotopic (exact) mass is 348 g/mol. The Bertz CT molecular complexity index is 831. The van der Waals surface area contributed by atoms with Gasteiger partial charge >= 0.3 is 23.9 Å². The molecule has 0 radical (unpaired) electrons.